The number of nitrogens with zero attached hydrogens (tertiary/aromatic N) is 2. The van der Waals surface area contributed by atoms with E-state index in [1.165, 1.54) is 23.1 Å². The molecule has 7 nitrogen and oxygen atoms in total. The van der Waals surface area contributed by atoms with E-state index in [-0.39, 0.29) is 29.1 Å². The number of aliphatic hydroxyl groups is 1. The van der Waals surface area contributed by atoms with E-state index in [0.717, 1.165) is 24.8 Å². The number of unbranched alkanes of at least 4 members (excludes halogenated alkanes) is 3. The highest BCUT2D eigenvalue weighted by atomic mass is 16.6. The van der Waals surface area contributed by atoms with Gasteiger partial charge in [0.05, 0.1) is 22.1 Å². The van der Waals surface area contributed by atoms with E-state index in [2.05, 4.69) is 6.92 Å². The highest BCUT2D eigenvalue weighted by Crippen LogP contribution is 2.42. The predicted molar refractivity (Wildman–Crippen MR) is 117 cm³/mol. The molecule has 1 saturated heterocycles. The van der Waals surface area contributed by atoms with Gasteiger partial charge in [-0.15, -0.1) is 0 Å². The molecule has 7 heteroatoms. The molecule has 3 rings (SSSR count). The lowest BCUT2D eigenvalue weighted by molar-refractivity contribution is -0.385. The monoisotopic (exact) mass is 422 g/mol. The number of nitro benzene ring substituents is 1. The van der Waals surface area contributed by atoms with Crippen molar-refractivity contribution in [2.75, 3.05) is 6.54 Å². The van der Waals surface area contributed by atoms with E-state index in [0.29, 0.717) is 12.0 Å². The highest BCUT2D eigenvalue weighted by Gasteiger charge is 2.47. The standard InChI is InChI=1S/C24H26N2O5/c1-3-4-5-8-15-25-21(18-9-6-7-10-19(18)26(30)31)20(23(28)24(25)29)22(27)17-13-11-16(2)12-14-17/h6-7,9-14,21,27H,3-5,8,15H2,1-2H3/b22-20+/t21-/m1/s1. The van der Waals surface area contributed by atoms with Gasteiger partial charge >= 0.3 is 0 Å². The quantitative estimate of drug-likeness (QED) is 0.163. The molecule has 1 N–H and O–H groups in total. The van der Waals surface area contributed by atoms with Crippen LogP contribution in [0.15, 0.2) is 54.1 Å². The van der Waals surface area contributed by atoms with Crippen molar-refractivity contribution >= 4 is 23.1 Å². The van der Waals surface area contributed by atoms with Gasteiger partial charge in [-0.1, -0.05) is 68.1 Å². The molecule has 0 bridgehead atoms. The molecule has 0 aromatic heterocycles. The number of ketones is 1. The third-order valence-corrected chi connectivity index (χ3v) is 5.55. The van der Waals surface area contributed by atoms with Gasteiger partial charge in [0.2, 0.25) is 0 Å². The largest absolute Gasteiger partial charge is 0.507 e. The molecular weight excluding hydrogens is 396 g/mol. The molecule has 162 valence electrons. The molecule has 1 aliphatic rings. The van der Waals surface area contributed by atoms with E-state index in [1.54, 1.807) is 30.3 Å². The Labute approximate surface area is 181 Å². The predicted octanol–water partition coefficient (Wildman–Crippen LogP) is 4.91. The number of Topliss-reactive ketones (excluding diaryl/α,β-unsaturated/α-hetero) is 1. The topological polar surface area (TPSA) is 101 Å². The Balaban J connectivity index is 2.15. The van der Waals surface area contributed by atoms with Gasteiger partial charge in [-0.3, -0.25) is 19.7 Å². The maximum absolute atomic E-state index is 13.0. The molecule has 1 heterocycles. The van der Waals surface area contributed by atoms with E-state index >= 15 is 0 Å². The highest BCUT2D eigenvalue weighted by molar-refractivity contribution is 6.46. The van der Waals surface area contributed by atoms with Gasteiger partial charge in [0, 0.05) is 18.2 Å². The number of likely N-dealkylation sites (tertiary alicyclic amines) is 1. The second kappa shape index (κ2) is 9.55. The fourth-order valence-electron chi connectivity index (χ4n) is 3.89. The number of aliphatic hydroxyl groups excluding tert-OH is 1. The lowest BCUT2D eigenvalue weighted by Crippen LogP contribution is -2.31. The number of hydrogen-bond donors (Lipinski definition) is 1. The summed E-state index contributed by atoms with van der Waals surface area (Å²) in [5.74, 6) is -1.89. The van der Waals surface area contributed by atoms with Crippen molar-refractivity contribution < 1.29 is 19.6 Å². The number of carbonyl (C=O) groups excluding carboxylic acids is 2. The van der Waals surface area contributed by atoms with Crippen LogP contribution in [0.5, 0.6) is 0 Å². The molecule has 0 aliphatic carbocycles. The van der Waals surface area contributed by atoms with Gasteiger partial charge in [-0.05, 0) is 19.4 Å². The van der Waals surface area contributed by atoms with E-state index in [9.17, 15) is 24.8 Å². The second-order valence-corrected chi connectivity index (χ2v) is 7.74. The minimum Gasteiger partial charge on any atom is -0.507 e. The summed E-state index contributed by atoms with van der Waals surface area (Å²) in [6.45, 7) is 4.25. The van der Waals surface area contributed by atoms with Gasteiger partial charge in [0.1, 0.15) is 5.76 Å². The fraction of sp³-hybridized carbons (Fsp3) is 0.333. The number of nitro groups is 1. The zero-order valence-electron chi connectivity index (χ0n) is 17.7. The Morgan fingerprint density at radius 1 is 1.06 bits per heavy atom. The summed E-state index contributed by atoms with van der Waals surface area (Å²) in [6, 6.07) is 11.9. The number of para-hydroxylation sites is 1. The summed E-state index contributed by atoms with van der Waals surface area (Å²) in [7, 11) is 0. The van der Waals surface area contributed by atoms with Gasteiger partial charge in [-0.2, -0.15) is 0 Å². The molecule has 2 aromatic carbocycles. The summed E-state index contributed by atoms with van der Waals surface area (Å²) in [5, 5.41) is 22.7. The minimum atomic E-state index is -1.01. The van der Waals surface area contributed by atoms with Crippen LogP contribution < -0.4 is 0 Å². The van der Waals surface area contributed by atoms with Crippen molar-refractivity contribution in [2.45, 2.75) is 45.6 Å². The molecule has 31 heavy (non-hydrogen) atoms. The molecule has 0 radical (unpaired) electrons. The molecule has 1 fully saturated rings. The molecule has 1 aliphatic heterocycles. The number of amides is 1. The second-order valence-electron chi connectivity index (χ2n) is 7.74. The van der Waals surface area contributed by atoms with Crippen LogP contribution >= 0.6 is 0 Å². The Hall–Kier alpha value is -3.48. The zero-order chi connectivity index (χ0) is 22.5. The first-order valence-corrected chi connectivity index (χ1v) is 10.5. The Kier molecular flexibility index (Phi) is 6.84. The van der Waals surface area contributed by atoms with Crippen molar-refractivity contribution in [1.82, 2.24) is 4.90 Å². The van der Waals surface area contributed by atoms with Crippen molar-refractivity contribution in [2.24, 2.45) is 0 Å². The number of hydrogen-bond acceptors (Lipinski definition) is 5. The van der Waals surface area contributed by atoms with E-state index < -0.39 is 22.7 Å². The van der Waals surface area contributed by atoms with Crippen molar-refractivity contribution in [3.05, 3.63) is 80.9 Å². The van der Waals surface area contributed by atoms with Crippen molar-refractivity contribution in [1.29, 1.82) is 0 Å². The summed E-state index contributed by atoms with van der Waals surface area (Å²) in [5.41, 5.74) is 1.28. The molecule has 0 saturated carbocycles. The number of carbonyl (C=O) groups is 2. The molecule has 0 unspecified atom stereocenters. The maximum Gasteiger partial charge on any atom is 0.295 e. The maximum atomic E-state index is 13.0. The normalized spacial score (nSPS) is 17.9. The molecule has 1 amide bonds. The van der Waals surface area contributed by atoms with Crippen LogP contribution in [0.1, 0.15) is 55.3 Å². The lowest BCUT2D eigenvalue weighted by Gasteiger charge is -2.25. The van der Waals surface area contributed by atoms with Crippen molar-refractivity contribution in [3.63, 3.8) is 0 Å². The zero-order valence-corrected chi connectivity index (χ0v) is 17.7. The van der Waals surface area contributed by atoms with Gasteiger partial charge in [0.25, 0.3) is 17.4 Å². The van der Waals surface area contributed by atoms with Crippen LogP contribution in [0.25, 0.3) is 5.76 Å². The van der Waals surface area contributed by atoms with Crippen LogP contribution in [0.3, 0.4) is 0 Å². The average Bonchev–Trinajstić information content (AvgIpc) is 3.01. The average molecular weight is 422 g/mol. The molecule has 1 atom stereocenters. The number of benzene rings is 2. The first-order valence-electron chi connectivity index (χ1n) is 10.5. The summed E-state index contributed by atoms with van der Waals surface area (Å²) in [6.07, 6.45) is 3.55. The Morgan fingerprint density at radius 3 is 2.39 bits per heavy atom. The number of aryl methyl sites for hydroxylation is 1. The van der Waals surface area contributed by atoms with Crippen LogP contribution in [0.4, 0.5) is 5.69 Å². The van der Waals surface area contributed by atoms with Gasteiger partial charge in [0.15, 0.2) is 0 Å². The number of rotatable bonds is 8. The van der Waals surface area contributed by atoms with E-state index in [1.807, 2.05) is 6.92 Å². The Bertz CT molecular complexity index is 1030. The first-order chi connectivity index (χ1) is 14.9. The SMILES string of the molecule is CCCCCCN1C(=O)C(=O)/C(=C(/O)c2ccc(C)cc2)[C@H]1c1ccccc1[N+](=O)[O-]. The Morgan fingerprint density at radius 2 is 1.74 bits per heavy atom. The van der Waals surface area contributed by atoms with Crippen LogP contribution in [-0.2, 0) is 9.59 Å². The summed E-state index contributed by atoms with van der Waals surface area (Å²) >= 11 is 0. The van der Waals surface area contributed by atoms with Crippen LogP contribution in [-0.4, -0.2) is 33.2 Å². The smallest absolute Gasteiger partial charge is 0.295 e. The first kappa shape index (κ1) is 22.2. The van der Waals surface area contributed by atoms with Crippen molar-refractivity contribution in [3.8, 4) is 0 Å². The molecule has 2 aromatic rings. The summed E-state index contributed by atoms with van der Waals surface area (Å²) < 4.78 is 0. The summed E-state index contributed by atoms with van der Waals surface area (Å²) in [4.78, 5) is 38.4. The molecule has 0 spiro atoms. The van der Waals surface area contributed by atoms with E-state index in [4.69, 9.17) is 0 Å². The lowest BCUT2D eigenvalue weighted by atomic mass is 9.94. The van der Waals surface area contributed by atoms with Gasteiger partial charge < -0.3 is 10.0 Å². The minimum absolute atomic E-state index is 0.112. The fourth-order valence-corrected chi connectivity index (χ4v) is 3.89. The third-order valence-electron chi connectivity index (χ3n) is 5.55. The van der Waals surface area contributed by atoms with Gasteiger partial charge in [-0.25, -0.2) is 0 Å². The van der Waals surface area contributed by atoms with Crippen LogP contribution in [0.2, 0.25) is 0 Å². The van der Waals surface area contributed by atoms with Crippen LogP contribution in [0, 0.1) is 17.0 Å². The molecular formula is C24H26N2O5. The third kappa shape index (κ3) is 4.50.